The van der Waals surface area contributed by atoms with Gasteiger partial charge in [-0.1, -0.05) is 118 Å². The van der Waals surface area contributed by atoms with Crippen molar-refractivity contribution >= 4 is 105 Å². The number of sulfonamides is 1. The van der Waals surface area contributed by atoms with Gasteiger partial charge in [-0.25, -0.2) is 8.42 Å². The molecule has 4 aliphatic heterocycles. The smallest absolute Gasteiger partial charge is 0.538 e. The molecule has 0 aromatic rings. The van der Waals surface area contributed by atoms with Crippen LogP contribution in [-0.4, -0.2) is 162 Å². The molecule has 0 aromatic carbocycles. The summed E-state index contributed by atoms with van der Waals surface area (Å²) in [4.78, 5) is 49.8. The molecule has 6 unspecified atom stereocenters. The minimum absolute atomic E-state index is 0. The quantitative estimate of drug-likeness (QED) is 0.0250. The summed E-state index contributed by atoms with van der Waals surface area (Å²) in [6.45, 7) is 49.1. The minimum atomic E-state index is -5.89. The maximum absolute atomic E-state index is 13.1. The zero-order chi connectivity index (χ0) is 78.1. The summed E-state index contributed by atoms with van der Waals surface area (Å²) in [6.07, 6.45) is 5.05. The van der Waals surface area contributed by atoms with E-state index in [-0.39, 0.29) is 142 Å². The summed E-state index contributed by atoms with van der Waals surface area (Å²) >= 11 is 0. The Morgan fingerprint density at radius 2 is 0.846 bits per heavy atom. The van der Waals surface area contributed by atoms with Crippen LogP contribution in [0.2, 0.25) is 48.4 Å². The molecule has 0 aromatic heterocycles. The van der Waals surface area contributed by atoms with Crippen LogP contribution >= 0.6 is 0 Å². The third-order valence-electron chi connectivity index (χ3n) is 19.6. The van der Waals surface area contributed by atoms with E-state index < -0.39 is 126 Å². The molecule has 6 atom stereocenters. The van der Waals surface area contributed by atoms with Gasteiger partial charge in [-0.15, -0.1) is 0 Å². The average Bonchev–Trinajstić information content (AvgIpc) is 0.705. The molecule has 1 amide bonds. The van der Waals surface area contributed by atoms with Crippen molar-refractivity contribution in [2.45, 2.75) is 283 Å². The van der Waals surface area contributed by atoms with Crippen LogP contribution in [0.5, 0.6) is 0 Å². The number of carbonyl (C=O) groups excluding carboxylic acids is 4. The molecule has 4 aliphatic carbocycles. The van der Waals surface area contributed by atoms with Crippen LogP contribution in [0, 0.1) is 74.9 Å². The number of hydrogen-bond acceptors (Lipinski definition) is 23. The topological polar surface area (TPSA) is 273 Å². The van der Waals surface area contributed by atoms with Gasteiger partial charge < -0.3 is 82.9 Å². The number of hydrogen-bond donors (Lipinski definition) is 0. The number of amides is 1. The zero-order valence-corrected chi connectivity index (χ0v) is 80.0. The van der Waals surface area contributed by atoms with Crippen LogP contribution in [0.3, 0.4) is 0 Å². The Labute approximate surface area is 674 Å². The number of rotatable bonds is 34. The summed E-state index contributed by atoms with van der Waals surface area (Å²) < 4.78 is 182. The monoisotopic (exact) mass is 1670 g/mol. The molecular formula is C67H131F3KNO23SSi8. The van der Waals surface area contributed by atoms with E-state index >= 15 is 0 Å². The van der Waals surface area contributed by atoms with Gasteiger partial charge in [0.1, 0.15) is 12.2 Å². The molecule has 8 aliphatic rings. The number of alkyl halides is 3. The van der Waals surface area contributed by atoms with Crippen molar-refractivity contribution < 1.29 is 166 Å². The number of nitrogens with zero attached hydrogens (tertiary/aromatic N) is 1. The molecule has 10 bridgehead atoms. The normalized spacial score (nSPS) is 32.0. The molecule has 8 fully saturated rings. The van der Waals surface area contributed by atoms with Crippen LogP contribution in [0.15, 0.2) is 0 Å². The predicted octanol–water partition coefficient (Wildman–Crippen LogP) is 12.3. The van der Waals surface area contributed by atoms with Crippen molar-refractivity contribution in [3.8, 4) is 0 Å². The Balaban J connectivity index is 0.000000425. The van der Waals surface area contributed by atoms with Crippen molar-refractivity contribution in [2.24, 2.45) is 74.9 Å². The van der Waals surface area contributed by atoms with E-state index in [4.69, 9.17) is 73.4 Å². The maximum Gasteiger partial charge on any atom is 1.00 e. The predicted molar refractivity (Wildman–Crippen MR) is 399 cm³/mol. The van der Waals surface area contributed by atoms with Crippen LogP contribution < -0.4 is 51.4 Å². The third kappa shape index (κ3) is 26.5. The average molecular weight is 1670 g/mol. The molecule has 602 valence electrons. The zero-order valence-electron chi connectivity index (χ0n) is 67.9. The van der Waals surface area contributed by atoms with Crippen LogP contribution in [0.1, 0.15) is 223 Å². The van der Waals surface area contributed by atoms with E-state index in [1.807, 2.05) is 48.5 Å². The number of halogens is 3. The van der Waals surface area contributed by atoms with Gasteiger partial charge in [-0.2, -0.15) is 13.2 Å². The molecule has 4 heterocycles. The van der Waals surface area contributed by atoms with Gasteiger partial charge in [-0.05, 0) is 165 Å². The molecule has 4 saturated heterocycles. The first kappa shape index (κ1) is 96.8. The van der Waals surface area contributed by atoms with Gasteiger partial charge in [0.05, 0.1) is 48.6 Å². The number of methoxy groups -OCH3 is 1. The summed E-state index contributed by atoms with van der Waals surface area (Å²) in [5, 5.41) is 0. The molecule has 8 rings (SSSR count). The molecule has 0 N–H and O–H groups in total. The Kier molecular flexibility index (Phi) is 36.0. The second-order valence-corrected chi connectivity index (χ2v) is 59.7. The number of fused-ring (bicyclic) bond motifs is 4. The maximum atomic E-state index is 13.1. The van der Waals surface area contributed by atoms with E-state index in [9.17, 15) is 40.8 Å². The van der Waals surface area contributed by atoms with Gasteiger partial charge in [-0.3, -0.25) is 14.4 Å². The van der Waals surface area contributed by atoms with Gasteiger partial charge in [0.2, 0.25) is 0 Å². The van der Waals surface area contributed by atoms with Crippen molar-refractivity contribution in [3.63, 3.8) is 0 Å². The van der Waals surface area contributed by atoms with Gasteiger partial charge in [0.15, 0.2) is 10.0 Å². The number of ether oxygens (including phenoxy) is 5. The first-order valence-corrected chi connectivity index (χ1v) is 54.5. The van der Waals surface area contributed by atoms with E-state index in [0.29, 0.717) is 107 Å². The third-order valence-corrected chi connectivity index (χ3v) is 58.7. The fraction of sp³-hybridized carbons (Fsp3) is 0.940. The molecule has 24 nitrogen and oxygen atoms in total. The van der Waals surface area contributed by atoms with Gasteiger partial charge >= 0.3 is 146 Å². The second-order valence-electron chi connectivity index (χ2n) is 34.6. The minimum Gasteiger partial charge on any atom is -0.538 e. The van der Waals surface area contributed by atoms with E-state index in [0.717, 1.165) is 12.8 Å². The Morgan fingerprint density at radius 3 is 1.20 bits per heavy atom. The van der Waals surface area contributed by atoms with Gasteiger partial charge in [0.25, 0.3) is 0 Å². The number of esters is 3. The molecule has 4 saturated carbocycles. The Morgan fingerprint density at radius 1 is 0.500 bits per heavy atom. The van der Waals surface area contributed by atoms with Crippen molar-refractivity contribution in [1.29, 1.82) is 0 Å². The fourth-order valence-corrected chi connectivity index (χ4v) is 62.5. The van der Waals surface area contributed by atoms with Crippen molar-refractivity contribution in [2.75, 3.05) is 47.3 Å². The SMILES string of the molecule is CCC(C)(C)C(=O)OC12CC3CC(C1)CC(C(=O)[N-]S(=O)(=O)C(F)(F)F)(C3)C2.CCC(C)(C)C(=O)OCCC[SiH]1O[Si]2(CC(C)C)O[Si]3(CC(C)C)O[Si](CC(C)C)(OC)O[Si]4(CC(C)C)O[Si](CC(C)C)(O1)O[Si](CC(C)C)(O2)O[Si](CC(C)C)(O3)O4.CCC(C)(C)C(=O)OCCOCCOC.[K+]. The molecule has 0 radical (unpaired) electrons. The molecule has 0 spiro atoms. The van der Waals surface area contributed by atoms with Crippen LogP contribution in [0.4, 0.5) is 13.2 Å². The van der Waals surface area contributed by atoms with E-state index in [2.05, 4.69) is 102 Å². The van der Waals surface area contributed by atoms with Crippen molar-refractivity contribution in [1.82, 2.24) is 0 Å². The number of carbonyl (C=O) groups is 4. The Hall–Kier alpha value is 0.431. The summed E-state index contributed by atoms with van der Waals surface area (Å²) in [6, 6.07) is 3.69. The summed E-state index contributed by atoms with van der Waals surface area (Å²) in [5.74, 6) is -1.37. The van der Waals surface area contributed by atoms with Crippen molar-refractivity contribution in [3.05, 3.63) is 4.72 Å². The summed E-state index contributed by atoms with van der Waals surface area (Å²) in [7, 11) is -33.1. The van der Waals surface area contributed by atoms with Crippen LogP contribution in [-0.2, 0) is 103 Å². The Bertz CT molecular complexity index is 2840. The van der Waals surface area contributed by atoms with Gasteiger partial charge in [0, 0.05) is 61.9 Å². The molecule has 104 heavy (non-hydrogen) atoms. The largest absolute Gasteiger partial charge is 1.00 e. The first-order valence-electron chi connectivity index (χ1n) is 37.7. The molecule has 37 heteroatoms. The summed E-state index contributed by atoms with van der Waals surface area (Å²) in [5.41, 5.74) is -9.54. The van der Waals surface area contributed by atoms with Crippen LogP contribution in [0.25, 0.3) is 4.72 Å². The second kappa shape index (κ2) is 38.7. The first-order chi connectivity index (χ1) is 47.3. The van der Waals surface area contributed by atoms with E-state index in [1.165, 1.54) is 0 Å². The van der Waals surface area contributed by atoms with E-state index in [1.54, 1.807) is 28.1 Å². The fourth-order valence-electron chi connectivity index (χ4n) is 14.4. The standard InChI is InChI=1S/C38H84O14Si8.C18H26F3NO5S.C11H22O4.K/c1-19-38(16,17)37(39)41-21-20-22-53-42-55(24-31(4)5)46-57(26-33(8)9)44-54(40-18,23-30(2)3)45-58(27-34(10)11)47-56(43-53,25-32(6)7)49-59(48-55,28-35(12)13)52-60(50-57,51-58)29-36(14)15;1-4-15(2,3)14(24)27-17-8-11-5-12(9-17)7-16(6-11,10-17)13(23)22-28(25,26)18(19,20)21;1-5-11(2,3)10(12)15-9-8-14-7-6-13-4;/h30-36,53H,19-29H2,1-18H3;11-12H,4-10H2,1-3H3,(H,22,23);5-9H2,1-4H3;/q;;;+1/p-1. The molecular weight excluding hydrogens is 1540 g/mol.